The van der Waals surface area contributed by atoms with E-state index in [2.05, 4.69) is 21.0 Å². The summed E-state index contributed by atoms with van der Waals surface area (Å²) in [6.07, 6.45) is 1.64. The van der Waals surface area contributed by atoms with Crippen molar-refractivity contribution in [2.45, 2.75) is 26.2 Å². The Labute approximate surface area is 94.0 Å². The number of rotatable bonds is 0. The van der Waals surface area contributed by atoms with Crippen molar-refractivity contribution in [2.24, 2.45) is 0 Å². The highest BCUT2D eigenvalue weighted by molar-refractivity contribution is 5.78. The first kappa shape index (κ1) is 10.5. The molecule has 0 spiro atoms. The highest BCUT2D eigenvalue weighted by atomic mass is 14.9. The summed E-state index contributed by atoms with van der Waals surface area (Å²) < 4.78 is 0. The Morgan fingerprint density at radius 1 is 1.25 bits per heavy atom. The van der Waals surface area contributed by atoms with Gasteiger partial charge in [-0.2, -0.15) is 5.26 Å². The summed E-state index contributed by atoms with van der Waals surface area (Å²) in [6, 6.07) is 5.72. The van der Waals surface area contributed by atoms with Crippen LogP contribution in [0.5, 0.6) is 0 Å². The molecule has 4 heteroatoms. The molecule has 0 aromatic carbocycles. The van der Waals surface area contributed by atoms with Crippen LogP contribution in [0.15, 0.2) is 18.3 Å². The van der Waals surface area contributed by atoms with Crippen molar-refractivity contribution >= 4 is 11.0 Å². The van der Waals surface area contributed by atoms with Crippen LogP contribution in [-0.4, -0.2) is 15.0 Å². The first-order valence-electron chi connectivity index (χ1n) is 5.06. The second kappa shape index (κ2) is 3.53. The zero-order chi connectivity index (χ0) is 11.8. The van der Waals surface area contributed by atoms with Gasteiger partial charge in [0, 0.05) is 11.6 Å². The van der Waals surface area contributed by atoms with Crippen molar-refractivity contribution in [3.8, 4) is 6.07 Å². The molecule has 0 atom stereocenters. The number of hydrogen-bond donors (Lipinski definition) is 0. The molecule has 0 saturated heterocycles. The first-order valence-corrected chi connectivity index (χ1v) is 5.06. The summed E-state index contributed by atoms with van der Waals surface area (Å²) >= 11 is 0. The van der Waals surface area contributed by atoms with Gasteiger partial charge in [-0.05, 0) is 12.1 Å². The van der Waals surface area contributed by atoms with E-state index in [-0.39, 0.29) is 5.41 Å². The number of nitrogens with zero attached hydrogens (tertiary/aromatic N) is 4. The molecule has 0 bridgehead atoms. The lowest BCUT2D eigenvalue weighted by atomic mass is 9.95. The van der Waals surface area contributed by atoms with Crippen molar-refractivity contribution in [1.82, 2.24) is 15.0 Å². The summed E-state index contributed by atoms with van der Waals surface area (Å²) in [6.45, 7) is 6.06. The van der Waals surface area contributed by atoms with E-state index in [1.165, 1.54) is 0 Å². The van der Waals surface area contributed by atoms with E-state index in [0.717, 1.165) is 5.52 Å². The van der Waals surface area contributed by atoms with Crippen molar-refractivity contribution in [3.05, 3.63) is 29.8 Å². The molecular weight excluding hydrogens is 200 g/mol. The summed E-state index contributed by atoms with van der Waals surface area (Å²) in [7, 11) is 0. The zero-order valence-corrected chi connectivity index (χ0v) is 9.52. The number of pyridine rings is 1. The van der Waals surface area contributed by atoms with Gasteiger partial charge in [-0.25, -0.2) is 9.97 Å². The minimum Gasteiger partial charge on any atom is -0.252 e. The molecule has 2 aromatic rings. The van der Waals surface area contributed by atoms with Gasteiger partial charge in [-0.3, -0.25) is 4.98 Å². The van der Waals surface area contributed by atoms with Gasteiger partial charge in [0.15, 0.2) is 5.69 Å². The van der Waals surface area contributed by atoms with Crippen molar-refractivity contribution < 1.29 is 0 Å². The molecule has 0 aliphatic carbocycles. The third kappa shape index (κ3) is 1.72. The smallest absolute Gasteiger partial charge is 0.170 e. The molecule has 0 aliphatic rings. The second-order valence-corrected chi connectivity index (χ2v) is 4.63. The molecule has 0 amide bonds. The monoisotopic (exact) mass is 212 g/mol. The molecule has 2 aromatic heterocycles. The standard InChI is InChI=1S/C12H12N4/c1-12(2,3)11-15-8-5-4-6-14-10(8)9(7-13)16-11/h4-6H,1-3H3. The zero-order valence-electron chi connectivity index (χ0n) is 9.52. The Bertz CT molecular complexity index is 576. The fourth-order valence-corrected chi connectivity index (χ4v) is 1.38. The van der Waals surface area contributed by atoms with Gasteiger partial charge in [0.2, 0.25) is 0 Å². The molecule has 16 heavy (non-hydrogen) atoms. The van der Waals surface area contributed by atoms with Crippen LogP contribution in [0.4, 0.5) is 0 Å². The predicted molar refractivity (Wildman–Crippen MR) is 60.7 cm³/mol. The third-order valence-electron chi connectivity index (χ3n) is 2.23. The molecule has 0 unspecified atom stereocenters. The molecule has 0 radical (unpaired) electrons. The number of hydrogen-bond acceptors (Lipinski definition) is 4. The van der Waals surface area contributed by atoms with Gasteiger partial charge in [0.05, 0.1) is 5.52 Å². The predicted octanol–water partition coefficient (Wildman–Crippen LogP) is 2.19. The lowest BCUT2D eigenvalue weighted by molar-refractivity contribution is 0.547. The van der Waals surface area contributed by atoms with Crippen LogP contribution in [0.3, 0.4) is 0 Å². The molecule has 0 aliphatic heterocycles. The fourth-order valence-electron chi connectivity index (χ4n) is 1.38. The fraction of sp³-hybridized carbons (Fsp3) is 0.333. The molecule has 80 valence electrons. The van der Waals surface area contributed by atoms with Gasteiger partial charge >= 0.3 is 0 Å². The van der Waals surface area contributed by atoms with Crippen LogP contribution >= 0.6 is 0 Å². The maximum absolute atomic E-state index is 9.05. The van der Waals surface area contributed by atoms with Gasteiger partial charge in [-0.1, -0.05) is 20.8 Å². The van der Waals surface area contributed by atoms with Crippen LogP contribution < -0.4 is 0 Å². The highest BCUT2D eigenvalue weighted by Gasteiger charge is 2.19. The summed E-state index contributed by atoms with van der Waals surface area (Å²) in [5, 5.41) is 9.05. The van der Waals surface area contributed by atoms with E-state index >= 15 is 0 Å². The third-order valence-corrected chi connectivity index (χ3v) is 2.23. The average Bonchev–Trinajstić information content (AvgIpc) is 2.26. The minimum atomic E-state index is -0.171. The normalized spacial score (nSPS) is 11.4. The van der Waals surface area contributed by atoms with Crippen LogP contribution in [0.1, 0.15) is 32.3 Å². The lowest BCUT2D eigenvalue weighted by Gasteiger charge is -2.16. The van der Waals surface area contributed by atoms with E-state index in [0.29, 0.717) is 17.0 Å². The molecule has 0 fully saturated rings. The second-order valence-electron chi connectivity index (χ2n) is 4.63. The van der Waals surface area contributed by atoms with Crippen LogP contribution in [0.25, 0.3) is 11.0 Å². The Morgan fingerprint density at radius 3 is 2.62 bits per heavy atom. The molecule has 4 nitrogen and oxygen atoms in total. The van der Waals surface area contributed by atoms with Gasteiger partial charge < -0.3 is 0 Å². The maximum Gasteiger partial charge on any atom is 0.170 e. The van der Waals surface area contributed by atoms with E-state index in [1.807, 2.05) is 32.9 Å². The van der Waals surface area contributed by atoms with Crippen LogP contribution in [-0.2, 0) is 5.41 Å². The quantitative estimate of drug-likeness (QED) is 0.671. The lowest BCUT2D eigenvalue weighted by Crippen LogP contribution is -2.17. The Morgan fingerprint density at radius 2 is 2.00 bits per heavy atom. The van der Waals surface area contributed by atoms with Crippen molar-refractivity contribution in [1.29, 1.82) is 5.26 Å². The Hall–Kier alpha value is -2.02. The molecule has 2 rings (SSSR count). The van der Waals surface area contributed by atoms with Gasteiger partial charge in [0.25, 0.3) is 0 Å². The maximum atomic E-state index is 9.05. The minimum absolute atomic E-state index is 0.171. The molecule has 0 N–H and O–H groups in total. The van der Waals surface area contributed by atoms with Crippen molar-refractivity contribution in [2.75, 3.05) is 0 Å². The van der Waals surface area contributed by atoms with Crippen LogP contribution in [0.2, 0.25) is 0 Å². The largest absolute Gasteiger partial charge is 0.252 e. The Balaban J connectivity index is 2.80. The SMILES string of the molecule is CC(C)(C)c1nc(C#N)c2ncccc2n1. The average molecular weight is 212 g/mol. The van der Waals surface area contributed by atoms with E-state index in [1.54, 1.807) is 6.20 Å². The topological polar surface area (TPSA) is 62.5 Å². The number of fused-ring (bicyclic) bond motifs is 1. The first-order chi connectivity index (χ1) is 7.52. The van der Waals surface area contributed by atoms with Gasteiger partial charge in [-0.15, -0.1) is 0 Å². The summed E-state index contributed by atoms with van der Waals surface area (Å²) in [5.41, 5.74) is 1.46. The number of nitriles is 1. The Kier molecular flexibility index (Phi) is 2.31. The molecular formula is C12H12N4. The summed E-state index contributed by atoms with van der Waals surface area (Å²) in [5.74, 6) is 0.671. The highest BCUT2D eigenvalue weighted by Crippen LogP contribution is 2.21. The molecule has 0 saturated carbocycles. The van der Waals surface area contributed by atoms with Crippen molar-refractivity contribution in [3.63, 3.8) is 0 Å². The molecule has 2 heterocycles. The van der Waals surface area contributed by atoms with Gasteiger partial charge in [0.1, 0.15) is 17.4 Å². The van der Waals surface area contributed by atoms with E-state index in [9.17, 15) is 0 Å². The van der Waals surface area contributed by atoms with E-state index < -0.39 is 0 Å². The summed E-state index contributed by atoms with van der Waals surface area (Å²) in [4.78, 5) is 12.8. The number of aromatic nitrogens is 3. The van der Waals surface area contributed by atoms with Crippen LogP contribution in [0, 0.1) is 11.3 Å². The van der Waals surface area contributed by atoms with E-state index in [4.69, 9.17) is 5.26 Å².